The number of pyridine rings is 1. The number of rotatable bonds is 7. The minimum atomic E-state index is 0. The minimum Gasteiger partial charge on any atom is -0.379 e. The predicted molar refractivity (Wildman–Crippen MR) is 121 cm³/mol. The summed E-state index contributed by atoms with van der Waals surface area (Å²) in [6, 6.07) is 6.00. The van der Waals surface area contributed by atoms with Crippen LogP contribution in [0.25, 0.3) is 5.82 Å². The van der Waals surface area contributed by atoms with E-state index in [9.17, 15) is 0 Å². The number of guanidine groups is 1. The van der Waals surface area contributed by atoms with Crippen molar-refractivity contribution in [1.82, 2.24) is 25.0 Å². The van der Waals surface area contributed by atoms with Gasteiger partial charge in [-0.1, -0.05) is 6.07 Å². The molecule has 1 aliphatic rings. The number of halogens is 1. The highest BCUT2D eigenvalue weighted by molar-refractivity contribution is 14.0. The van der Waals surface area contributed by atoms with E-state index in [1.165, 1.54) is 0 Å². The molecule has 1 saturated heterocycles. The van der Waals surface area contributed by atoms with Gasteiger partial charge in [0.15, 0.2) is 11.8 Å². The van der Waals surface area contributed by atoms with Gasteiger partial charge in [-0.2, -0.15) is 5.10 Å². The van der Waals surface area contributed by atoms with Gasteiger partial charge >= 0.3 is 0 Å². The van der Waals surface area contributed by atoms with Gasteiger partial charge in [0.2, 0.25) is 0 Å². The fraction of sp³-hybridized carbons (Fsp3) is 0.526. The predicted octanol–water partition coefficient (Wildman–Crippen LogP) is 1.63. The van der Waals surface area contributed by atoms with E-state index in [-0.39, 0.29) is 24.0 Å². The average molecular weight is 499 g/mol. The zero-order chi connectivity index (χ0) is 19.1. The zero-order valence-electron chi connectivity index (χ0n) is 16.6. The number of morpholine rings is 1. The highest BCUT2D eigenvalue weighted by Gasteiger charge is 2.09. The van der Waals surface area contributed by atoms with E-state index in [2.05, 4.69) is 25.3 Å². The molecule has 0 aliphatic carbocycles. The second kappa shape index (κ2) is 11.3. The Balaban J connectivity index is 0.00000280. The van der Waals surface area contributed by atoms with Crippen molar-refractivity contribution in [3.8, 4) is 5.82 Å². The Morgan fingerprint density at radius 1 is 1.29 bits per heavy atom. The topological polar surface area (TPSA) is 93.6 Å². The second-order valence-electron chi connectivity index (χ2n) is 6.80. The molecule has 3 N–H and O–H groups in total. The Hall–Kier alpha value is -1.72. The van der Waals surface area contributed by atoms with E-state index in [1.54, 1.807) is 0 Å². The van der Waals surface area contributed by atoms with Crippen LogP contribution in [0.3, 0.4) is 0 Å². The Labute approximate surface area is 183 Å². The minimum absolute atomic E-state index is 0. The maximum atomic E-state index is 5.96. The number of nitrogens with two attached hydrogens (primary N) is 1. The number of aliphatic imine (C=N–C) groups is 1. The molecule has 28 heavy (non-hydrogen) atoms. The van der Waals surface area contributed by atoms with Gasteiger partial charge in [-0.15, -0.1) is 24.0 Å². The maximum absolute atomic E-state index is 5.96. The first kappa shape index (κ1) is 22.6. The lowest BCUT2D eigenvalue weighted by molar-refractivity contribution is 0.0376. The van der Waals surface area contributed by atoms with Crippen LogP contribution in [-0.4, -0.2) is 65.0 Å². The van der Waals surface area contributed by atoms with Gasteiger partial charge in [0, 0.05) is 31.5 Å². The first-order valence-electron chi connectivity index (χ1n) is 9.44. The number of nitrogens with one attached hydrogen (secondary N) is 1. The zero-order valence-corrected chi connectivity index (χ0v) is 18.9. The number of hydrogen-bond acceptors (Lipinski definition) is 5. The number of ether oxygens (including phenoxy) is 1. The Kier molecular flexibility index (Phi) is 9.13. The summed E-state index contributed by atoms with van der Waals surface area (Å²) in [6.07, 6.45) is 2.86. The highest BCUT2D eigenvalue weighted by Crippen LogP contribution is 2.10. The van der Waals surface area contributed by atoms with Crippen LogP contribution in [0.15, 0.2) is 29.4 Å². The van der Waals surface area contributed by atoms with Crippen LogP contribution >= 0.6 is 24.0 Å². The van der Waals surface area contributed by atoms with Crippen molar-refractivity contribution in [3.63, 3.8) is 0 Å². The molecule has 1 aliphatic heterocycles. The van der Waals surface area contributed by atoms with Crippen molar-refractivity contribution in [3.05, 3.63) is 41.3 Å². The Bertz CT molecular complexity index is 754. The highest BCUT2D eigenvalue weighted by atomic mass is 127. The smallest absolute Gasteiger partial charge is 0.188 e. The van der Waals surface area contributed by atoms with Crippen LogP contribution in [0.5, 0.6) is 0 Å². The molecule has 3 heterocycles. The average Bonchev–Trinajstić information content (AvgIpc) is 3.03. The van der Waals surface area contributed by atoms with Crippen molar-refractivity contribution < 1.29 is 4.74 Å². The van der Waals surface area contributed by atoms with Gasteiger partial charge in [-0.05, 0) is 44.5 Å². The molecule has 0 unspecified atom stereocenters. The first-order valence-corrected chi connectivity index (χ1v) is 9.44. The summed E-state index contributed by atoms with van der Waals surface area (Å²) in [5.74, 6) is 1.28. The van der Waals surface area contributed by atoms with Gasteiger partial charge in [0.05, 0.1) is 25.5 Å². The summed E-state index contributed by atoms with van der Waals surface area (Å²) in [7, 11) is 0. The third-order valence-electron chi connectivity index (χ3n) is 4.53. The van der Waals surface area contributed by atoms with Crippen molar-refractivity contribution in [1.29, 1.82) is 0 Å². The summed E-state index contributed by atoms with van der Waals surface area (Å²) >= 11 is 0. The summed E-state index contributed by atoms with van der Waals surface area (Å²) in [6.45, 7) is 10.1. The van der Waals surface area contributed by atoms with E-state index in [0.717, 1.165) is 68.6 Å². The molecular formula is C19H30IN7O. The van der Waals surface area contributed by atoms with Crippen molar-refractivity contribution in [2.24, 2.45) is 10.7 Å². The van der Waals surface area contributed by atoms with Gasteiger partial charge in [-0.25, -0.2) is 14.7 Å². The summed E-state index contributed by atoms with van der Waals surface area (Å²) in [4.78, 5) is 11.3. The Morgan fingerprint density at radius 3 is 2.71 bits per heavy atom. The molecule has 8 nitrogen and oxygen atoms in total. The van der Waals surface area contributed by atoms with Crippen LogP contribution in [0.2, 0.25) is 0 Å². The van der Waals surface area contributed by atoms with E-state index in [4.69, 9.17) is 10.5 Å². The lowest BCUT2D eigenvalue weighted by atomic mass is 10.3. The molecule has 3 rings (SSSR count). The van der Waals surface area contributed by atoms with Crippen LogP contribution in [-0.2, 0) is 11.3 Å². The normalized spacial score (nSPS) is 15.3. The molecule has 154 valence electrons. The van der Waals surface area contributed by atoms with Crippen molar-refractivity contribution >= 4 is 29.9 Å². The van der Waals surface area contributed by atoms with Crippen LogP contribution in [0.1, 0.15) is 23.4 Å². The molecule has 2 aromatic heterocycles. The SMILES string of the molecule is Cc1cc(C)n(-c2ccc(CN=C(N)NCCCN3CCOCC3)cn2)n1.I. The standard InChI is InChI=1S/C19H29N7O.HI/c1-15-12-16(2)26(24-15)18-5-4-17(13-22-18)14-23-19(20)21-6-3-7-25-8-10-27-11-9-25;/h4-5,12-13H,3,6-11,14H2,1-2H3,(H3,20,21,23);1H. The summed E-state index contributed by atoms with van der Waals surface area (Å²) < 4.78 is 7.19. The van der Waals surface area contributed by atoms with Gasteiger partial charge in [0.1, 0.15) is 0 Å². The number of aryl methyl sites for hydroxylation is 2. The molecule has 0 spiro atoms. The van der Waals surface area contributed by atoms with Crippen molar-refractivity contribution in [2.45, 2.75) is 26.8 Å². The second-order valence-corrected chi connectivity index (χ2v) is 6.80. The largest absolute Gasteiger partial charge is 0.379 e. The van der Waals surface area contributed by atoms with Crippen LogP contribution in [0, 0.1) is 13.8 Å². The molecular weight excluding hydrogens is 469 g/mol. The maximum Gasteiger partial charge on any atom is 0.188 e. The molecule has 0 atom stereocenters. The number of hydrogen-bond donors (Lipinski definition) is 2. The van der Waals surface area contributed by atoms with E-state index in [0.29, 0.717) is 12.5 Å². The fourth-order valence-corrected chi connectivity index (χ4v) is 3.07. The van der Waals surface area contributed by atoms with E-state index in [1.807, 2.05) is 42.9 Å². The third kappa shape index (κ3) is 6.71. The summed E-state index contributed by atoms with van der Waals surface area (Å²) in [5, 5.41) is 7.62. The van der Waals surface area contributed by atoms with E-state index >= 15 is 0 Å². The summed E-state index contributed by atoms with van der Waals surface area (Å²) in [5.41, 5.74) is 9.02. The molecule has 0 amide bonds. The molecule has 2 aromatic rings. The molecule has 1 fully saturated rings. The van der Waals surface area contributed by atoms with Gasteiger partial charge < -0.3 is 15.8 Å². The fourth-order valence-electron chi connectivity index (χ4n) is 3.07. The lowest BCUT2D eigenvalue weighted by Gasteiger charge is -2.26. The number of aromatic nitrogens is 3. The molecule has 9 heteroatoms. The molecule has 0 radical (unpaired) electrons. The monoisotopic (exact) mass is 499 g/mol. The quantitative estimate of drug-likeness (QED) is 0.261. The molecule has 0 saturated carbocycles. The lowest BCUT2D eigenvalue weighted by Crippen LogP contribution is -2.39. The van der Waals surface area contributed by atoms with Crippen LogP contribution in [0.4, 0.5) is 0 Å². The van der Waals surface area contributed by atoms with Crippen LogP contribution < -0.4 is 11.1 Å². The first-order chi connectivity index (χ1) is 13.1. The van der Waals surface area contributed by atoms with Gasteiger partial charge in [0.25, 0.3) is 0 Å². The molecule has 0 aromatic carbocycles. The van der Waals surface area contributed by atoms with Gasteiger partial charge in [-0.3, -0.25) is 4.90 Å². The number of nitrogens with zero attached hydrogens (tertiary/aromatic N) is 5. The Morgan fingerprint density at radius 2 is 2.07 bits per heavy atom. The third-order valence-corrected chi connectivity index (χ3v) is 4.53. The van der Waals surface area contributed by atoms with E-state index < -0.39 is 0 Å². The van der Waals surface area contributed by atoms with Crippen molar-refractivity contribution in [2.75, 3.05) is 39.4 Å². The molecule has 0 bridgehead atoms.